The number of hydrogen-bond acceptors (Lipinski definition) is 2. The summed E-state index contributed by atoms with van der Waals surface area (Å²) in [5, 5.41) is 6.83. The first kappa shape index (κ1) is 15.3. The van der Waals surface area contributed by atoms with E-state index in [1.807, 2.05) is 0 Å². The second-order valence-electron chi connectivity index (χ2n) is 6.08. The van der Waals surface area contributed by atoms with Crippen LogP contribution in [0, 0.1) is 5.41 Å². The van der Waals surface area contributed by atoms with Crippen LogP contribution in [0.4, 0.5) is 13.2 Å². The highest BCUT2D eigenvalue weighted by Crippen LogP contribution is 2.29. The molecular formula is C15H21F3N2. The molecule has 1 saturated heterocycles. The van der Waals surface area contributed by atoms with Crippen LogP contribution in [0.3, 0.4) is 0 Å². The first-order valence-electron chi connectivity index (χ1n) is 6.89. The summed E-state index contributed by atoms with van der Waals surface area (Å²) in [5.41, 5.74) is 0.445. The fourth-order valence-electron chi connectivity index (χ4n) is 2.60. The molecule has 0 spiro atoms. The van der Waals surface area contributed by atoms with Crippen molar-refractivity contribution in [2.75, 3.05) is 13.1 Å². The van der Waals surface area contributed by atoms with Crippen molar-refractivity contribution in [3.63, 3.8) is 0 Å². The zero-order valence-electron chi connectivity index (χ0n) is 11.8. The van der Waals surface area contributed by atoms with Gasteiger partial charge in [-0.25, -0.2) is 0 Å². The largest absolute Gasteiger partial charge is 0.416 e. The van der Waals surface area contributed by atoms with Gasteiger partial charge in [-0.3, -0.25) is 0 Å². The molecule has 5 heteroatoms. The lowest BCUT2D eigenvalue weighted by Crippen LogP contribution is -2.52. The molecule has 1 atom stereocenters. The van der Waals surface area contributed by atoms with Gasteiger partial charge in [0.25, 0.3) is 0 Å². The molecule has 0 saturated carbocycles. The van der Waals surface area contributed by atoms with Crippen LogP contribution in [0.15, 0.2) is 24.3 Å². The van der Waals surface area contributed by atoms with E-state index >= 15 is 0 Å². The Hall–Kier alpha value is -1.07. The van der Waals surface area contributed by atoms with Gasteiger partial charge in [-0.05, 0) is 36.1 Å². The molecule has 1 aliphatic rings. The van der Waals surface area contributed by atoms with Crippen LogP contribution >= 0.6 is 0 Å². The van der Waals surface area contributed by atoms with Gasteiger partial charge in [0.1, 0.15) is 0 Å². The minimum atomic E-state index is -4.26. The molecule has 0 aliphatic carbocycles. The summed E-state index contributed by atoms with van der Waals surface area (Å²) < 4.78 is 37.4. The Morgan fingerprint density at radius 1 is 1.25 bits per heavy atom. The van der Waals surface area contributed by atoms with Crippen molar-refractivity contribution in [1.29, 1.82) is 0 Å². The molecule has 1 aromatic carbocycles. The highest BCUT2D eigenvalue weighted by molar-refractivity contribution is 5.24. The van der Waals surface area contributed by atoms with E-state index in [4.69, 9.17) is 0 Å². The van der Waals surface area contributed by atoms with E-state index in [-0.39, 0.29) is 5.41 Å². The lowest BCUT2D eigenvalue weighted by atomic mass is 9.80. The van der Waals surface area contributed by atoms with Crippen LogP contribution in [-0.4, -0.2) is 19.1 Å². The van der Waals surface area contributed by atoms with Crippen molar-refractivity contribution in [1.82, 2.24) is 10.6 Å². The quantitative estimate of drug-likeness (QED) is 0.891. The molecule has 0 bridgehead atoms. The molecule has 1 unspecified atom stereocenters. The Morgan fingerprint density at radius 3 is 2.45 bits per heavy atom. The minimum Gasteiger partial charge on any atom is -0.316 e. The van der Waals surface area contributed by atoms with Crippen molar-refractivity contribution in [3.8, 4) is 0 Å². The third kappa shape index (κ3) is 3.73. The van der Waals surface area contributed by atoms with Gasteiger partial charge >= 0.3 is 6.18 Å². The third-order valence-electron chi connectivity index (χ3n) is 3.97. The lowest BCUT2D eigenvalue weighted by Gasteiger charge is -2.39. The summed E-state index contributed by atoms with van der Waals surface area (Å²) in [7, 11) is 0. The van der Waals surface area contributed by atoms with E-state index < -0.39 is 11.7 Å². The Kier molecular flexibility index (Phi) is 4.39. The van der Waals surface area contributed by atoms with Gasteiger partial charge in [-0.15, -0.1) is 0 Å². The zero-order chi connectivity index (χ0) is 14.8. The van der Waals surface area contributed by atoms with Crippen LogP contribution in [0.2, 0.25) is 0 Å². The number of alkyl halides is 3. The van der Waals surface area contributed by atoms with Crippen LogP contribution < -0.4 is 10.6 Å². The highest BCUT2D eigenvalue weighted by atomic mass is 19.4. The lowest BCUT2D eigenvalue weighted by molar-refractivity contribution is -0.137. The average molecular weight is 286 g/mol. The highest BCUT2D eigenvalue weighted by Gasteiger charge is 2.32. The predicted molar refractivity (Wildman–Crippen MR) is 73.3 cm³/mol. The molecule has 1 heterocycles. The fourth-order valence-corrected chi connectivity index (χ4v) is 2.60. The Bertz CT molecular complexity index is 437. The van der Waals surface area contributed by atoms with E-state index in [1.54, 1.807) is 12.1 Å². The molecule has 1 aromatic rings. The number of hydrogen-bond donors (Lipinski definition) is 2. The van der Waals surface area contributed by atoms with E-state index in [0.717, 1.165) is 37.2 Å². The second kappa shape index (κ2) is 5.74. The number of nitrogens with one attached hydrogen (secondary N) is 2. The summed E-state index contributed by atoms with van der Waals surface area (Å²) in [6, 6.07) is 5.76. The molecule has 1 fully saturated rings. The number of halogens is 3. The van der Waals surface area contributed by atoms with Crippen molar-refractivity contribution in [2.45, 2.75) is 39.0 Å². The number of benzene rings is 1. The molecule has 2 nitrogen and oxygen atoms in total. The normalized spacial score (nSPS) is 22.8. The van der Waals surface area contributed by atoms with Gasteiger partial charge in [0, 0.05) is 19.1 Å². The molecule has 112 valence electrons. The summed E-state index contributed by atoms with van der Waals surface area (Å²) in [6.07, 6.45) is -3.23. The standard InChI is InChI=1S/C15H21F3N2/c1-14(2)10-19-8-7-13(14)20-9-11-3-5-12(6-4-11)15(16,17)18/h3-6,13,19-20H,7-10H2,1-2H3. The van der Waals surface area contributed by atoms with Crippen molar-refractivity contribution >= 4 is 0 Å². The van der Waals surface area contributed by atoms with Crippen LogP contribution in [0.25, 0.3) is 0 Å². The number of piperidine rings is 1. The SMILES string of the molecule is CC1(C)CNCCC1NCc1ccc(C(F)(F)F)cc1. The Balaban J connectivity index is 1.94. The topological polar surface area (TPSA) is 24.1 Å². The first-order valence-corrected chi connectivity index (χ1v) is 6.89. The van der Waals surface area contributed by atoms with E-state index in [0.29, 0.717) is 12.6 Å². The van der Waals surface area contributed by atoms with Gasteiger partial charge < -0.3 is 10.6 Å². The molecule has 20 heavy (non-hydrogen) atoms. The van der Waals surface area contributed by atoms with Crippen molar-refractivity contribution in [3.05, 3.63) is 35.4 Å². The van der Waals surface area contributed by atoms with Gasteiger partial charge in [0.15, 0.2) is 0 Å². The van der Waals surface area contributed by atoms with E-state index in [1.165, 1.54) is 0 Å². The third-order valence-corrected chi connectivity index (χ3v) is 3.97. The smallest absolute Gasteiger partial charge is 0.316 e. The van der Waals surface area contributed by atoms with Gasteiger partial charge in [0.2, 0.25) is 0 Å². The minimum absolute atomic E-state index is 0.157. The monoisotopic (exact) mass is 286 g/mol. The van der Waals surface area contributed by atoms with Gasteiger partial charge in [-0.1, -0.05) is 26.0 Å². The zero-order valence-corrected chi connectivity index (χ0v) is 11.8. The Labute approximate surface area is 117 Å². The number of rotatable bonds is 3. The van der Waals surface area contributed by atoms with Gasteiger partial charge in [0.05, 0.1) is 5.56 Å². The molecule has 0 aromatic heterocycles. The molecule has 0 amide bonds. The summed E-state index contributed by atoms with van der Waals surface area (Å²) in [5.74, 6) is 0. The summed E-state index contributed by atoms with van der Waals surface area (Å²) in [6.45, 7) is 6.94. The Morgan fingerprint density at radius 2 is 1.90 bits per heavy atom. The molecule has 2 N–H and O–H groups in total. The van der Waals surface area contributed by atoms with Crippen LogP contribution in [-0.2, 0) is 12.7 Å². The second-order valence-corrected chi connectivity index (χ2v) is 6.08. The maximum absolute atomic E-state index is 12.5. The predicted octanol–water partition coefficient (Wildman–Crippen LogP) is 3.18. The van der Waals surface area contributed by atoms with Crippen molar-refractivity contribution in [2.24, 2.45) is 5.41 Å². The summed E-state index contributed by atoms with van der Waals surface area (Å²) in [4.78, 5) is 0. The first-order chi connectivity index (χ1) is 9.29. The van der Waals surface area contributed by atoms with Crippen molar-refractivity contribution < 1.29 is 13.2 Å². The van der Waals surface area contributed by atoms with E-state index in [9.17, 15) is 13.2 Å². The molecule has 0 radical (unpaired) electrons. The summed E-state index contributed by atoms with van der Waals surface area (Å²) >= 11 is 0. The molecule has 1 aliphatic heterocycles. The average Bonchev–Trinajstić information content (AvgIpc) is 2.36. The van der Waals surface area contributed by atoms with Crippen LogP contribution in [0.1, 0.15) is 31.4 Å². The fraction of sp³-hybridized carbons (Fsp3) is 0.600. The van der Waals surface area contributed by atoms with Crippen LogP contribution in [0.5, 0.6) is 0 Å². The maximum atomic E-state index is 12.5. The maximum Gasteiger partial charge on any atom is 0.416 e. The molecular weight excluding hydrogens is 265 g/mol. The molecule has 2 rings (SSSR count). The van der Waals surface area contributed by atoms with Gasteiger partial charge in [-0.2, -0.15) is 13.2 Å². The van der Waals surface area contributed by atoms with E-state index in [2.05, 4.69) is 24.5 Å².